The Labute approximate surface area is 197 Å². The number of nitrogens with zero attached hydrogens (tertiary/aromatic N) is 5. The van der Waals surface area contributed by atoms with Crippen molar-refractivity contribution >= 4 is 17.2 Å². The molecule has 35 heavy (non-hydrogen) atoms. The highest BCUT2D eigenvalue weighted by molar-refractivity contribution is 6.04. The molecule has 1 aliphatic rings. The maximum atomic E-state index is 13.2. The number of aromatic amines is 1. The summed E-state index contributed by atoms with van der Waals surface area (Å²) < 4.78 is 33.3. The number of hydrogen-bond donors (Lipinski definition) is 2. The summed E-state index contributed by atoms with van der Waals surface area (Å²) in [5, 5.41) is 13.8. The Morgan fingerprint density at radius 3 is 2.80 bits per heavy atom. The Balaban J connectivity index is 1.26. The van der Waals surface area contributed by atoms with Gasteiger partial charge in [-0.2, -0.15) is 10.1 Å². The first kappa shape index (κ1) is 21.1. The highest BCUT2D eigenvalue weighted by Gasteiger charge is 2.48. The molecule has 176 valence electrons. The maximum Gasteiger partial charge on any atom is 0.274 e. The van der Waals surface area contributed by atoms with Crippen LogP contribution in [0.2, 0.25) is 0 Å². The van der Waals surface area contributed by atoms with Gasteiger partial charge in [-0.1, -0.05) is 17.3 Å². The normalized spacial score (nSPS) is 15.3. The van der Waals surface area contributed by atoms with Crippen molar-refractivity contribution in [3.05, 3.63) is 72.1 Å². The lowest BCUT2D eigenvalue weighted by Crippen LogP contribution is -2.33. The molecule has 0 aliphatic heterocycles. The number of H-pyrrole nitrogens is 1. The van der Waals surface area contributed by atoms with Crippen LogP contribution in [0.1, 0.15) is 40.7 Å². The second kappa shape index (κ2) is 7.83. The monoisotopic (exact) mass is 475 g/mol. The lowest BCUT2D eigenvalue weighted by atomic mass is 9.81. The number of aromatic nitrogens is 6. The van der Waals surface area contributed by atoms with E-state index < -0.39 is 11.8 Å². The van der Waals surface area contributed by atoms with E-state index in [1.807, 2.05) is 37.4 Å². The molecule has 1 fully saturated rings. The molecule has 2 N–H and O–H groups in total. The SMILES string of the molecule is Cc1ccc(-c2noc(C3CC(F)(F)C3)n2)cc1NC(=O)c1cnc2ccc(-c3cc[nH]n3)cn12. The Bertz CT molecular complexity index is 1550. The molecule has 4 heterocycles. The number of carbonyl (C=O) groups is 1. The number of benzene rings is 1. The van der Waals surface area contributed by atoms with Gasteiger partial charge in [0.25, 0.3) is 5.91 Å². The fourth-order valence-electron chi connectivity index (χ4n) is 4.16. The molecule has 0 atom stereocenters. The number of amides is 1. The minimum atomic E-state index is -2.67. The number of halogens is 2. The summed E-state index contributed by atoms with van der Waals surface area (Å²) in [5.74, 6) is -2.96. The number of pyridine rings is 1. The number of fused-ring (bicyclic) bond motifs is 1. The summed E-state index contributed by atoms with van der Waals surface area (Å²) in [6, 6.07) is 10.9. The van der Waals surface area contributed by atoms with Gasteiger partial charge in [-0.15, -0.1) is 0 Å². The number of carbonyl (C=O) groups excluding carboxylic acids is 1. The molecule has 5 aromatic rings. The van der Waals surface area contributed by atoms with Crippen LogP contribution in [0.5, 0.6) is 0 Å². The van der Waals surface area contributed by atoms with E-state index in [0.717, 1.165) is 16.8 Å². The molecule has 0 saturated heterocycles. The first-order valence-electron chi connectivity index (χ1n) is 11.0. The summed E-state index contributed by atoms with van der Waals surface area (Å²) in [7, 11) is 0. The zero-order valence-electron chi connectivity index (χ0n) is 18.5. The van der Waals surface area contributed by atoms with E-state index in [-0.39, 0.29) is 30.5 Å². The quantitative estimate of drug-likeness (QED) is 0.376. The Morgan fingerprint density at radius 2 is 2.03 bits per heavy atom. The Kier molecular flexibility index (Phi) is 4.73. The number of rotatable bonds is 5. The number of nitrogens with one attached hydrogen (secondary N) is 2. The summed E-state index contributed by atoms with van der Waals surface area (Å²) in [5.41, 5.74) is 4.56. The van der Waals surface area contributed by atoms with E-state index in [4.69, 9.17) is 4.52 Å². The van der Waals surface area contributed by atoms with E-state index in [2.05, 4.69) is 30.6 Å². The van der Waals surface area contributed by atoms with Gasteiger partial charge in [0, 0.05) is 48.0 Å². The zero-order chi connectivity index (χ0) is 24.2. The zero-order valence-corrected chi connectivity index (χ0v) is 18.5. The fourth-order valence-corrected chi connectivity index (χ4v) is 4.16. The minimum Gasteiger partial charge on any atom is -0.339 e. The smallest absolute Gasteiger partial charge is 0.274 e. The van der Waals surface area contributed by atoms with Crippen LogP contribution in [0, 0.1) is 6.92 Å². The highest BCUT2D eigenvalue weighted by Crippen LogP contribution is 2.48. The number of imidazole rings is 1. The standard InChI is InChI=1S/C24H19F2N7O2/c1-13-2-3-14(21-30-23(35-32-21)16-9-24(25,26)10-16)8-18(13)29-22(34)19-11-27-20-5-4-15(12-33(19)20)17-6-7-28-31-17/h2-8,11-12,16H,9-10H2,1H3,(H,28,31)(H,29,34). The van der Waals surface area contributed by atoms with E-state index in [0.29, 0.717) is 22.6 Å². The van der Waals surface area contributed by atoms with Gasteiger partial charge < -0.3 is 9.84 Å². The van der Waals surface area contributed by atoms with Crippen LogP contribution in [0.3, 0.4) is 0 Å². The van der Waals surface area contributed by atoms with Crippen molar-refractivity contribution < 1.29 is 18.1 Å². The van der Waals surface area contributed by atoms with Crippen LogP contribution in [0.15, 0.2) is 59.5 Å². The van der Waals surface area contributed by atoms with Gasteiger partial charge in [-0.25, -0.2) is 13.8 Å². The molecule has 1 aliphatic carbocycles. The van der Waals surface area contributed by atoms with Crippen molar-refractivity contribution in [3.63, 3.8) is 0 Å². The first-order chi connectivity index (χ1) is 16.9. The van der Waals surface area contributed by atoms with Gasteiger partial charge in [0.15, 0.2) is 0 Å². The maximum absolute atomic E-state index is 13.2. The van der Waals surface area contributed by atoms with Gasteiger partial charge >= 0.3 is 0 Å². The summed E-state index contributed by atoms with van der Waals surface area (Å²) in [6.45, 7) is 1.86. The largest absolute Gasteiger partial charge is 0.339 e. The van der Waals surface area contributed by atoms with E-state index in [1.165, 1.54) is 6.20 Å². The van der Waals surface area contributed by atoms with Crippen LogP contribution >= 0.6 is 0 Å². The molecule has 6 rings (SSSR count). The van der Waals surface area contributed by atoms with E-state index in [1.54, 1.807) is 22.7 Å². The third-order valence-corrected chi connectivity index (χ3v) is 6.16. The van der Waals surface area contributed by atoms with Gasteiger partial charge in [0.1, 0.15) is 11.3 Å². The summed E-state index contributed by atoms with van der Waals surface area (Å²) >= 11 is 0. The third kappa shape index (κ3) is 3.84. The second-order valence-corrected chi connectivity index (χ2v) is 8.65. The Morgan fingerprint density at radius 1 is 1.20 bits per heavy atom. The topological polar surface area (TPSA) is 114 Å². The summed E-state index contributed by atoms with van der Waals surface area (Å²) in [6.07, 6.45) is 4.47. The average Bonchev–Trinajstić information content (AvgIpc) is 3.58. The minimum absolute atomic E-state index is 0.204. The van der Waals surface area contributed by atoms with Crippen molar-refractivity contribution in [2.24, 2.45) is 0 Å². The molecule has 0 spiro atoms. The number of anilines is 1. The lowest BCUT2D eigenvalue weighted by Gasteiger charge is -2.31. The molecule has 4 aromatic heterocycles. The van der Waals surface area contributed by atoms with Gasteiger partial charge in [0.2, 0.25) is 17.6 Å². The van der Waals surface area contributed by atoms with Crippen molar-refractivity contribution in [1.29, 1.82) is 0 Å². The lowest BCUT2D eigenvalue weighted by molar-refractivity contribution is -0.0925. The third-order valence-electron chi connectivity index (χ3n) is 6.16. The molecular weight excluding hydrogens is 456 g/mol. The van der Waals surface area contributed by atoms with Crippen molar-refractivity contribution in [2.45, 2.75) is 31.6 Å². The average molecular weight is 475 g/mol. The van der Waals surface area contributed by atoms with E-state index in [9.17, 15) is 13.6 Å². The van der Waals surface area contributed by atoms with Crippen LogP contribution in [-0.4, -0.2) is 41.6 Å². The molecule has 9 nitrogen and oxygen atoms in total. The van der Waals surface area contributed by atoms with Crippen LogP contribution < -0.4 is 5.32 Å². The molecule has 1 amide bonds. The van der Waals surface area contributed by atoms with Gasteiger partial charge in [-0.05, 0) is 36.8 Å². The Hall–Kier alpha value is -4.41. The molecule has 0 radical (unpaired) electrons. The van der Waals surface area contributed by atoms with Gasteiger partial charge in [-0.3, -0.25) is 14.3 Å². The van der Waals surface area contributed by atoms with Crippen LogP contribution in [-0.2, 0) is 0 Å². The van der Waals surface area contributed by atoms with Crippen molar-refractivity contribution in [1.82, 2.24) is 29.7 Å². The molecule has 0 unspecified atom stereocenters. The highest BCUT2D eigenvalue weighted by atomic mass is 19.3. The van der Waals surface area contributed by atoms with E-state index >= 15 is 0 Å². The predicted octanol–water partition coefficient (Wildman–Crippen LogP) is 4.85. The molecule has 0 bridgehead atoms. The molecule has 1 saturated carbocycles. The fraction of sp³-hybridized carbons (Fsp3) is 0.208. The predicted molar refractivity (Wildman–Crippen MR) is 122 cm³/mol. The van der Waals surface area contributed by atoms with Crippen molar-refractivity contribution in [2.75, 3.05) is 5.32 Å². The van der Waals surface area contributed by atoms with Crippen LogP contribution in [0.25, 0.3) is 28.3 Å². The van der Waals surface area contributed by atoms with Crippen molar-refractivity contribution in [3.8, 4) is 22.6 Å². The second-order valence-electron chi connectivity index (χ2n) is 8.65. The number of hydrogen-bond acceptors (Lipinski definition) is 6. The van der Waals surface area contributed by atoms with Gasteiger partial charge in [0.05, 0.1) is 11.9 Å². The summed E-state index contributed by atoms with van der Waals surface area (Å²) in [4.78, 5) is 21.8. The molecular formula is C24H19F2N7O2. The molecule has 11 heteroatoms. The van der Waals surface area contributed by atoms with Crippen LogP contribution in [0.4, 0.5) is 14.5 Å². The number of alkyl halides is 2. The first-order valence-corrected chi connectivity index (χ1v) is 11.0. The molecule has 1 aromatic carbocycles. The number of aryl methyl sites for hydroxylation is 1.